The lowest BCUT2D eigenvalue weighted by molar-refractivity contribution is -0.125. The Morgan fingerprint density at radius 1 is 1.07 bits per heavy atom. The van der Waals surface area contributed by atoms with E-state index in [4.69, 9.17) is 0 Å². The summed E-state index contributed by atoms with van der Waals surface area (Å²) in [6, 6.07) is 12.7. The van der Waals surface area contributed by atoms with Crippen LogP contribution in [-0.2, 0) is 11.3 Å². The summed E-state index contributed by atoms with van der Waals surface area (Å²) in [5.74, 6) is -0.543. The van der Waals surface area contributed by atoms with Crippen LogP contribution in [-0.4, -0.2) is 24.9 Å². The molecule has 0 radical (unpaired) electrons. The predicted octanol–water partition coefficient (Wildman–Crippen LogP) is 3.12. The highest BCUT2D eigenvalue weighted by molar-refractivity contribution is 6.04. The first-order valence-electron chi connectivity index (χ1n) is 8.76. The van der Waals surface area contributed by atoms with Gasteiger partial charge in [-0.1, -0.05) is 12.1 Å². The fourth-order valence-electron chi connectivity index (χ4n) is 2.98. The quantitative estimate of drug-likeness (QED) is 0.733. The van der Waals surface area contributed by atoms with Crippen LogP contribution in [0.25, 0.3) is 0 Å². The number of hydrogen-bond acceptors (Lipinski definition) is 3. The first kappa shape index (κ1) is 20.9. The van der Waals surface area contributed by atoms with E-state index in [1.165, 1.54) is 24.3 Å². The third kappa shape index (κ3) is 6.05. The number of rotatable bonds is 5. The minimum Gasteiger partial charge on any atom is -0.352 e. The molecule has 0 unspecified atom stereocenters. The summed E-state index contributed by atoms with van der Waals surface area (Å²) in [5.41, 5.74) is 1.92. The van der Waals surface area contributed by atoms with E-state index in [2.05, 4.69) is 16.0 Å². The van der Waals surface area contributed by atoms with Crippen LogP contribution in [0.15, 0.2) is 48.5 Å². The van der Waals surface area contributed by atoms with Crippen LogP contribution in [0.5, 0.6) is 0 Å². The molecule has 0 aliphatic carbocycles. The number of amides is 2. The Morgan fingerprint density at radius 2 is 1.78 bits per heavy atom. The van der Waals surface area contributed by atoms with Gasteiger partial charge in [-0.2, -0.15) is 0 Å². The Balaban J connectivity index is 0.00000261. The van der Waals surface area contributed by atoms with Gasteiger partial charge in [0.25, 0.3) is 5.91 Å². The molecule has 2 aromatic carbocycles. The van der Waals surface area contributed by atoms with Gasteiger partial charge in [-0.25, -0.2) is 4.39 Å². The molecule has 5 nitrogen and oxygen atoms in total. The summed E-state index contributed by atoms with van der Waals surface area (Å²) < 4.78 is 12.9. The number of benzene rings is 2. The topological polar surface area (TPSA) is 70.2 Å². The predicted molar refractivity (Wildman–Crippen MR) is 105 cm³/mol. The molecular weight excluding hydrogens is 369 g/mol. The van der Waals surface area contributed by atoms with Crippen molar-refractivity contribution in [3.8, 4) is 0 Å². The summed E-state index contributed by atoms with van der Waals surface area (Å²) in [5, 5.41) is 9.00. The summed E-state index contributed by atoms with van der Waals surface area (Å²) in [4.78, 5) is 24.4. The van der Waals surface area contributed by atoms with Crippen LogP contribution in [0.2, 0.25) is 0 Å². The Hall–Kier alpha value is -2.44. The minimum absolute atomic E-state index is 0. The van der Waals surface area contributed by atoms with Crippen LogP contribution < -0.4 is 16.0 Å². The zero-order valence-electron chi connectivity index (χ0n) is 14.8. The zero-order valence-corrected chi connectivity index (χ0v) is 15.7. The van der Waals surface area contributed by atoms with E-state index >= 15 is 0 Å². The molecule has 1 aliphatic rings. The third-order valence-corrected chi connectivity index (χ3v) is 4.47. The maximum absolute atomic E-state index is 12.9. The molecule has 2 amide bonds. The lowest BCUT2D eigenvalue weighted by Crippen LogP contribution is -2.37. The van der Waals surface area contributed by atoms with E-state index < -0.39 is 0 Å². The van der Waals surface area contributed by atoms with Gasteiger partial charge in [0.15, 0.2) is 0 Å². The molecule has 1 fully saturated rings. The SMILES string of the molecule is Cl.O=C(Nc1cccc(CNC(=O)C2CCNCC2)c1)c1ccc(F)cc1. The molecule has 27 heavy (non-hydrogen) atoms. The fourth-order valence-corrected chi connectivity index (χ4v) is 2.98. The lowest BCUT2D eigenvalue weighted by atomic mass is 9.97. The number of halogens is 2. The molecule has 3 N–H and O–H groups in total. The van der Waals surface area contributed by atoms with E-state index in [0.29, 0.717) is 17.8 Å². The van der Waals surface area contributed by atoms with Crippen LogP contribution in [0.1, 0.15) is 28.8 Å². The van der Waals surface area contributed by atoms with E-state index in [-0.39, 0.29) is 36.0 Å². The van der Waals surface area contributed by atoms with Gasteiger partial charge in [-0.05, 0) is 67.9 Å². The van der Waals surface area contributed by atoms with Gasteiger partial charge in [0, 0.05) is 23.7 Å². The smallest absolute Gasteiger partial charge is 0.255 e. The molecule has 0 atom stereocenters. The highest BCUT2D eigenvalue weighted by Crippen LogP contribution is 2.15. The third-order valence-electron chi connectivity index (χ3n) is 4.47. The number of carbonyl (C=O) groups excluding carboxylic acids is 2. The maximum atomic E-state index is 12.9. The molecule has 144 valence electrons. The van der Waals surface area contributed by atoms with E-state index in [1.807, 2.05) is 18.2 Å². The van der Waals surface area contributed by atoms with Gasteiger partial charge in [0.05, 0.1) is 0 Å². The summed E-state index contributed by atoms with van der Waals surface area (Å²) >= 11 is 0. The second kappa shape index (κ2) is 10.0. The Morgan fingerprint density at radius 3 is 2.48 bits per heavy atom. The molecule has 7 heteroatoms. The molecule has 1 saturated heterocycles. The van der Waals surface area contributed by atoms with Gasteiger partial charge >= 0.3 is 0 Å². The second-order valence-electron chi connectivity index (χ2n) is 6.40. The Kier molecular flexibility index (Phi) is 7.76. The molecule has 0 spiro atoms. The van der Waals surface area contributed by atoms with E-state index in [9.17, 15) is 14.0 Å². The van der Waals surface area contributed by atoms with Crippen molar-refractivity contribution in [1.29, 1.82) is 0 Å². The zero-order chi connectivity index (χ0) is 18.4. The Bertz CT molecular complexity index is 777. The summed E-state index contributed by atoms with van der Waals surface area (Å²) in [7, 11) is 0. The standard InChI is InChI=1S/C20H22FN3O2.ClH/c21-17-6-4-15(5-7-17)20(26)24-18-3-1-2-14(12-18)13-23-19(25)16-8-10-22-11-9-16;/h1-7,12,16,22H,8-11,13H2,(H,23,25)(H,24,26);1H. The molecule has 0 aromatic heterocycles. The van der Waals surface area contributed by atoms with Crippen molar-refractivity contribution < 1.29 is 14.0 Å². The van der Waals surface area contributed by atoms with Gasteiger partial charge in [-0.15, -0.1) is 12.4 Å². The first-order valence-corrected chi connectivity index (χ1v) is 8.76. The average Bonchev–Trinajstić information content (AvgIpc) is 2.67. The second-order valence-corrected chi connectivity index (χ2v) is 6.40. The molecule has 0 bridgehead atoms. The monoisotopic (exact) mass is 391 g/mol. The van der Waals surface area contributed by atoms with Crippen molar-refractivity contribution in [2.24, 2.45) is 5.92 Å². The van der Waals surface area contributed by atoms with Crippen LogP contribution in [0.4, 0.5) is 10.1 Å². The highest BCUT2D eigenvalue weighted by atomic mass is 35.5. The maximum Gasteiger partial charge on any atom is 0.255 e. The molecular formula is C20H23ClFN3O2. The molecule has 1 aliphatic heterocycles. The number of anilines is 1. The van der Waals surface area contributed by atoms with Gasteiger partial charge in [-0.3, -0.25) is 9.59 Å². The molecule has 0 saturated carbocycles. The van der Waals surface area contributed by atoms with Gasteiger partial charge in [0.2, 0.25) is 5.91 Å². The van der Waals surface area contributed by atoms with Crippen LogP contribution in [0.3, 0.4) is 0 Å². The van der Waals surface area contributed by atoms with E-state index in [1.54, 1.807) is 6.07 Å². The molecule has 3 rings (SSSR count). The van der Waals surface area contributed by atoms with Crippen molar-refractivity contribution in [2.75, 3.05) is 18.4 Å². The minimum atomic E-state index is -0.381. The van der Waals surface area contributed by atoms with Crippen LogP contribution >= 0.6 is 12.4 Å². The Labute approximate surface area is 164 Å². The summed E-state index contributed by atoms with van der Waals surface area (Å²) in [6.07, 6.45) is 1.72. The number of piperidine rings is 1. The first-order chi connectivity index (χ1) is 12.6. The van der Waals surface area contributed by atoms with Gasteiger partial charge in [0.1, 0.15) is 5.82 Å². The largest absolute Gasteiger partial charge is 0.352 e. The number of nitrogens with one attached hydrogen (secondary N) is 3. The highest BCUT2D eigenvalue weighted by Gasteiger charge is 2.20. The number of carbonyl (C=O) groups is 2. The van der Waals surface area contributed by atoms with Crippen molar-refractivity contribution in [3.05, 3.63) is 65.5 Å². The van der Waals surface area contributed by atoms with E-state index in [0.717, 1.165) is 31.5 Å². The lowest BCUT2D eigenvalue weighted by Gasteiger charge is -2.21. The van der Waals surface area contributed by atoms with Crippen molar-refractivity contribution in [2.45, 2.75) is 19.4 Å². The van der Waals surface area contributed by atoms with Crippen molar-refractivity contribution in [3.63, 3.8) is 0 Å². The van der Waals surface area contributed by atoms with Gasteiger partial charge < -0.3 is 16.0 Å². The van der Waals surface area contributed by atoms with Crippen molar-refractivity contribution in [1.82, 2.24) is 10.6 Å². The number of hydrogen-bond donors (Lipinski definition) is 3. The van der Waals surface area contributed by atoms with Crippen LogP contribution in [0, 0.1) is 11.7 Å². The average molecular weight is 392 g/mol. The van der Waals surface area contributed by atoms with Crippen molar-refractivity contribution >= 4 is 29.9 Å². The summed E-state index contributed by atoms with van der Waals surface area (Å²) in [6.45, 7) is 2.18. The normalized spacial score (nSPS) is 14.1. The fraction of sp³-hybridized carbons (Fsp3) is 0.300. The molecule has 1 heterocycles. The molecule has 2 aromatic rings.